The Labute approximate surface area is 125 Å². The lowest BCUT2D eigenvalue weighted by Crippen LogP contribution is -2.05. The van der Waals surface area contributed by atoms with E-state index in [4.69, 9.17) is 22.1 Å². The first-order valence-electron chi connectivity index (χ1n) is 6.06. The molecule has 5 nitrogen and oxygen atoms in total. The number of halogens is 2. The Morgan fingerprint density at radius 3 is 2.67 bits per heavy atom. The van der Waals surface area contributed by atoms with Gasteiger partial charge in [-0.05, 0) is 30.7 Å². The van der Waals surface area contributed by atoms with Gasteiger partial charge in [-0.25, -0.2) is 4.39 Å². The van der Waals surface area contributed by atoms with E-state index >= 15 is 0 Å². The highest BCUT2D eigenvalue weighted by atomic mass is 35.5. The van der Waals surface area contributed by atoms with E-state index in [2.05, 4.69) is 0 Å². The van der Waals surface area contributed by atoms with Crippen LogP contribution in [0.5, 0.6) is 11.5 Å². The second-order valence-electron chi connectivity index (χ2n) is 4.42. The number of nitro benzene ring substituents is 1. The highest BCUT2D eigenvalue weighted by molar-refractivity contribution is 6.31. The number of nitro groups is 1. The Kier molecular flexibility index (Phi) is 4.40. The van der Waals surface area contributed by atoms with Crippen molar-refractivity contribution in [2.45, 2.75) is 13.0 Å². The summed E-state index contributed by atoms with van der Waals surface area (Å²) in [6.45, 7) is 1.77. The summed E-state index contributed by atoms with van der Waals surface area (Å²) in [7, 11) is 0. The minimum atomic E-state index is -0.823. The van der Waals surface area contributed by atoms with Crippen molar-refractivity contribution in [1.82, 2.24) is 0 Å². The molecule has 110 valence electrons. The van der Waals surface area contributed by atoms with Crippen LogP contribution in [0.25, 0.3) is 0 Å². The lowest BCUT2D eigenvalue weighted by Gasteiger charge is -2.11. The van der Waals surface area contributed by atoms with Crippen molar-refractivity contribution >= 4 is 17.3 Å². The zero-order chi connectivity index (χ0) is 15.6. The fourth-order valence-corrected chi connectivity index (χ4v) is 2.14. The van der Waals surface area contributed by atoms with Crippen molar-refractivity contribution in [3.63, 3.8) is 0 Å². The fraction of sp³-hybridized carbons (Fsp3) is 0.143. The van der Waals surface area contributed by atoms with Crippen LogP contribution in [-0.4, -0.2) is 4.92 Å². The molecule has 0 aromatic heterocycles. The Balaban J connectivity index is 2.39. The van der Waals surface area contributed by atoms with Crippen molar-refractivity contribution in [3.8, 4) is 11.5 Å². The molecule has 0 amide bonds. The first-order valence-corrected chi connectivity index (χ1v) is 6.43. The minimum Gasteiger partial charge on any atom is -0.447 e. The quantitative estimate of drug-likeness (QED) is 0.678. The normalized spacial score (nSPS) is 12.0. The van der Waals surface area contributed by atoms with Crippen LogP contribution >= 0.6 is 11.6 Å². The Morgan fingerprint density at radius 1 is 1.38 bits per heavy atom. The largest absolute Gasteiger partial charge is 0.447 e. The van der Waals surface area contributed by atoms with Gasteiger partial charge in [-0.1, -0.05) is 23.7 Å². The molecule has 0 aliphatic rings. The molecular weight excluding hydrogens is 299 g/mol. The summed E-state index contributed by atoms with van der Waals surface area (Å²) < 4.78 is 19.0. The van der Waals surface area contributed by atoms with Gasteiger partial charge in [0.1, 0.15) is 5.75 Å². The fourth-order valence-electron chi connectivity index (χ4n) is 1.80. The lowest BCUT2D eigenvalue weighted by molar-refractivity contribution is -0.385. The monoisotopic (exact) mass is 310 g/mol. The Hall–Kier alpha value is -2.18. The van der Waals surface area contributed by atoms with Gasteiger partial charge in [-0.15, -0.1) is 0 Å². The number of nitrogens with zero attached hydrogens (tertiary/aromatic N) is 1. The number of hydrogen-bond donors (Lipinski definition) is 1. The summed E-state index contributed by atoms with van der Waals surface area (Å²) in [6.07, 6.45) is 0. The lowest BCUT2D eigenvalue weighted by atomic mass is 10.1. The number of nitrogens with two attached hydrogens (primary N) is 1. The predicted octanol–water partition coefficient (Wildman–Crippen LogP) is 4.20. The predicted molar refractivity (Wildman–Crippen MR) is 77.2 cm³/mol. The van der Waals surface area contributed by atoms with Crippen LogP contribution in [-0.2, 0) is 0 Å². The second kappa shape index (κ2) is 6.07. The van der Waals surface area contributed by atoms with Crippen molar-refractivity contribution in [1.29, 1.82) is 0 Å². The van der Waals surface area contributed by atoms with E-state index < -0.39 is 22.2 Å². The second-order valence-corrected chi connectivity index (χ2v) is 4.83. The van der Waals surface area contributed by atoms with Crippen LogP contribution in [0, 0.1) is 15.9 Å². The van der Waals surface area contributed by atoms with Crippen LogP contribution in [0.15, 0.2) is 36.4 Å². The van der Waals surface area contributed by atoms with Gasteiger partial charge in [-0.2, -0.15) is 0 Å². The third kappa shape index (κ3) is 3.29. The van der Waals surface area contributed by atoms with E-state index in [9.17, 15) is 14.5 Å². The van der Waals surface area contributed by atoms with Gasteiger partial charge in [0.05, 0.1) is 4.92 Å². The zero-order valence-electron chi connectivity index (χ0n) is 11.0. The van der Waals surface area contributed by atoms with E-state index in [1.165, 1.54) is 18.2 Å². The van der Waals surface area contributed by atoms with Gasteiger partial charge in [-0.3, -0.25) is 10.1 Å². The molecule has 2 aromatic carbocycles. The highest BCUT2D eigenvalue weighted by Gasteiger charge is 2.20. The maximum Gasteiger partial charge on any atom is 0.314 e. The highest BCUT2D eigenvalue weighted by Crippen LogP contribution is 2.35. The van der Waals surface area contributed by atoms with Crippen LogP contribution in [0.4, 0.5) is 10.1 Å². The Bertz CT molecular complexity index is 692. The first kappa shape index (κ1) is 15.2. The molecule has 2 N–H and O–H groups in total. The molecular formula is C14H12ClFN2O3. The van der Waals surface area contributed by atoms with Gasteiger partial charge in [0.15, 0.2) is 5.82 Å². The first-order chi connectivity index (χ1) is 9.90. The molecule has 21 heavy (non-hydrogen) atoms. The van der Waals surface area contributed by atoms with Crippen LogP contribution in [0.3, 0.4) is 0 Å². The molecule has 1 unspecified atom stereocenters. The number of benzene rings is 2. The molecule has 2 aromatic rings. The molecule has 0 spiro atoms. The van der Waals surface area contributed by atoms with Gasteiger partial charge >= 0.3 is 5.69 Å². The average Bonchev–Trinajstić information content (AvgIpc) is 2.40. The van der Waals surface area contributed by atoms with Crippen LogP contribution in [0.2, 0.25) is 5.02 Å². The molecule has 0 bridgehead atoms. The molecule has 0 saturated heterocycles. The van der Waals surface area contributed by atoms with Gasteiger partial charge in [0.25, 0.3) is 0 Å². The van der Waals surface area contributed by atoms with Crippen molar-refractivity contribution in [2.75, 3.05) is 0 Å². The summed E-state index contributed by atoms with van der Waals surface area (Å²) in [5, 5.41) is 11.2. The van der Waals surface area contributed by atoms with Gasteiger partial charge < -0.3 is 10.5 Å². The summed E-state index contributed by atoms with van der Waals surface area (Å²) in [6, 6.07) is 7.82. The van der Waals surface area contributed by atoms with Crippen molar-refractivity contribution < 1.29 is 14.1 Å². The maximum atomic E-state index is 13.7. The number of para-hydroxylation sites is 1. The smallest absolute Gasteiger partial charge is 0.314 e. The van der Waals surface area contributed by atoms with Crippen molar-refractivity contribution in [2.24, 2.45) is 5.73 Å². The topological polar surface area (TPSA) is 78.4 Å². The van der Waals surface area contributed by atoms with Gasteiger partial charge in [0.2, 0.25) is 5.75 Å². The molecule has 0 aliphatic heterocycles. The number of ether oxygens (including phenoxy) is 1. The molecule has 2 rings (SSSR count). The third-order valence-corrected chi connectivity index (χ3v) is 3.15. The number of rotatable bonds is 4. The minimum absolute atomic E-state index is 0.192. The van der Waals surface area contributed by atoms with Crippen LogP contribution < -0.4 is 10.5 Å². The molecule has 1 atom stereocenters. The maximum absolute atomic E-state index is 13.7. The van der Waals surface area contributed by atoms with Gasteiger partial charge in [0, 0.05) is 17.1 Å². The SMILES string of the molecule is CC(N)c1ccc(Oc2c(F)cccc2[N+](=O)[O-])cc1Cl. The van der Waals surface area contributed by atoms with Crippen molar-refractivity contribution in [3.05, 3.63) is 62.9 Å². The van der Waals surface area contributed by atoms with E-state index in [-0.39, 0.29) is 11.8 Å². The summed E-state index contributed by atoms with van der Waals surface area (Å²) >= 11 is 6.05. The summed E-state index contributed by atoms with van der Waals surface area (Å²) in [5.41, 5.74) is 5.98. The van der Waals surface area contributed by atoms with E-state index in [1.807, 2.05) is 0 Å². The molecule has 0 saturated carbocycles. The number of hydrogen-bond acceptors (Lipinski definition) is 4. The average molecular weight is 311 g/mol. The Morgan fingerprint density at radius 2 is 2.10 bits per heavy atom. The molecule has 7 heteroatoms. The third-order valence-electron chi connectivity index (χ3n) is 2.83. The molecule has 0 radical (unpaired) electrons. The summed E-state index contributed by atoms with van der Waals surface area (Å²) in [4.78, 5) is 10.2. The summed E-state index contributed by atoms with van der Waals surface area (Å²) in [5.74, 6) is -1.08. The standard InChI is InChI=1S/C14H12ClFN2O3/c1-8(17)10-6-5-9(7-11(10)15)21-14-12(16)3-2-4-13(14)18(19)20/h2-8H,17H2,1H3. The molecule has 0 aliphatic carbocycles. The molecule has 0 fully saturated rings. The zero-order valence-corrected chi connectivity index (χ0v) is 11.8. The van der Waals surface area contributed by atoms with E-state index in [0.29, 0.717) is 10.6 Å². The van der Waals surface area contributed by atoms with E-state index in [0.717, 1.165) is 12.1 Å². The van der Waals surface area contributed by atoms with Crippen LogP contribution in [0.1, 0.15) is 18.5 Å². The molecule has 0 heterocycles. The van der Waals surface area contributed by atoms with E-state index in [1.54, 1.807) is 13.0 Å².